The van der Waals surface area contributed by atoms with E-state index in [9.17, 15) is 0 Å². The van der Waals surface area contributed by atoms with Crippen molar-refractivity contribution in [3.8, 4) is 0 Å². The molecule has 1 aliphatic carbocycles. The summed E-state index contributed by atoms with van der Waals surface area (Å²) in [6, 6.07) is 33.9. The maximum atomic E-state index is 3.72. The monoisotopic (exact) mass is 348 g/mol. The van der Waals surface area contributed by atoms with Crippen LogP contribution < -0.4 is 10.6 Å². The molecule has 0 radical (unpaired) electrons. The van der Waals surface area contributed by atoms with E-state index in [0.29, 0.717) is 0 Å². The highest BCUT2D eigenvalue weighted by atomic mass is 15.0. The van der Waals surface area contributed by atoms with E-state index in [1.807, 2.05) is 12.1 Å². The molecule has 5 rings (SSSR count). The molecule has 27 heavy (non-hydrogen) atoms. The number of hydrogen-bond donors (Lipinski definition) is 2. The van der Waals surface area contributed by atoms with Crippen LogP contribution in [0.5, 0.6) is 0 Å². The van der Waals surface area contributed by atoms with Gasteiger partial charge in [0.1, 0.15) is 0 Å². The Hall–Kier alpha value is -3.52. The van der Waals surface area contributed by atoms with E-state index in [0.717, 1.165) is 17.1 Å². The molecule has 1 unspecified atom stereocenters. The Morgan fingerprint density at radius 2 is 1.26 bits per heavy atom. The Labute approximate surface area is 159 Å². The van der Waals surface area contributed by atoms with Crippen LogP contribution in [-0.2, 0) is 0 Å². The van der Waals surface area contributed by atoms with E-state index >= 15 is 0 Å². The largest absolute Gasteiger partial charge is 0.373 e. The van der Waals surface area contributed by atoms with Crippen LogP contribution in [0.25, 0.3) is 16.8 Å². The van der Waals surface area contributed by atoms with Gasteiger partial charge in [-0.2, -0.15) is 0 Å². The fourth-order valence-electron chi connectivity index (χ4n) is 3.83. The summed E-state index contributed by atoms with van der Waals surface area (Å²) in [5, 5.41) is 9.96. The average Bonchev–Trinajstić information content (AvgIpc) is 2.72. The van der Waals surface area contributed by atoms with Crippen molar-refractivity contribution in [1.29, 1.82) is 0 Å². The first-order chi connectivity index (χ1) is 13.4. The SMILES string of the molecule is C1=C(Nc2ccccc2)C(Nc2ccccc2)c2cccc3cccc1c23. The van der Waals surface area contributed by atoms with Crippen LogP contribution in [0, 0.1) is 0 Å². The zero-order chi connectivity index (χ0) is 18.1. The van der Waals surface area contributed by atoms with Gasteiger partial charge in [0.25, 0.3) is 0 Å². The fourth-order valence-corrected chi connectivity index (χ4v) is 3.83. The molecule has 0 saturated carbocycles. The molecule has 4 aromatic rings. The lowest BCUT2D eigenvalue weighted by molar-refractivity contribution is 0.927. The van der Waals surface area contributed by atoms with Gasteiger partial charge in [0.2, 0.25) is 0 Å². The molecule has 130 valence electrons. The van der Waals surface area contributed by atoms with Crippen LogP contribution in [0.4, 0.5) is 11.4 Å². The van der Waals surface area contributed by atoms with Crippen LogP contribution in [0.3, 0.4) is 0 Å². The zero-order valence-electron chi connectivity index (χ0n) is 14.9. The van der Waals surface area contributed by atoms with E-state index in [1.165, 1.54) is 21.9 Å². The molecule has 4 aromatic carbocycles. The highest BCUT2D eigenvalue weighted by Crippen LogP contribution is 2.39. The lowest BCUT2D eigenvalue weighted by Gasteiger charge is -2.30. The first-order valence-corrected chi connectivity index (χ1v) is 9.25. The normalized spacial score (nSPS) is 15.3. The fraction of sp³-hybridized carbons (Fsp3) is 0.0400. The number of nitrogens with one attached hydrogen (secondary N) is 2. The second-order valence-electron chi connectivity index (χ2n) is 6.83. The van der Waals surface area contributed by atoms with Gasteiger partial charge in [0.15, 0.2) is 0 Å². The van der Waals surface area contributed by atoms with Crippen LogP contribution in [0.2, 0.25) is 0 Å². The molecule has 0 amide bonds. The van der Waals surface area contributed by atoms with Crippen molar-refractivity contribution in [2.45, 2.75) is 6.04 Å². The van der Waals surface area contributed by atoms with Gasteiger partial charge in [-0.05, 0) is 52.2 Å². The van der Waals surface area contributed by atoms with Crippen LogP contribution >= 0.6 is 0 Å². The molecule has 1 atom stereocenters. The van der Waals surface area contributed by atoms with Crippen molar-refractivity contribution >= 4 is 28.2 Å². The standard InChI is InChI=1S/C25H20N2/c1-3-12-20(13-4-1)26-23-17-19-11-7-9-18-10-8-16-22(24(18)19)25(23)27-21-14-5-2-6-15-21/h1-17,25-27H. The first-order valence-electron chi connectivity index (χ1n) is 9.25. The topological polar surface area (TPSA) is 24.1 Å². The second kappa shape index (κ2) is 6.65. The average molecular weight is 348 g/mol. The summed E-state index contributed by atoms with van der Waals surface area (Å²) < 4.78 is 0. The Morgan fingerprint density at radius 1 is 0.593 bits per heavy atom. The number of anilines is 2. The number of para-hydroxylation sites is 2. The van der Waals surface area contributed by atoms with Gasteiger partial charge in [-0.15, -0.1) is 0 Å². The molecule has 0 aromatic heterocycles. The van der Waals surface area contributed by atoms with Crippen molar-refractivity contribution < 1.29 is 0 Å². The Kier molecular flexibility index (Phi) is 3.87. The zero-order valence-corrected chi connectivity index (χ0v) is 14.9. The summed E-state index contributed by atoms with van der Waals surface area (Å²) in [5.74, 6) is 0. The predicted octanol–water partition coefficient (Wildman–Crippen LogP) is 6.46. The lowest BCUT2D eigenvalue weighted by Crippen LogP contribution is -2.21. The van der Waals surface area contributed by atoms with E-state index in [-0.39, 0.29) is 6.04 Å². The molecule has 0 heterocycles. The molecular formula is C25H20N2. The Morgan fingerprint density at radius 3 is 2.00 bits per heavy atom. The van der Waals surface area contributed by atoms with Crippen molar-refractivity contribution in [3.05, 3.63) is 114 Å². The van der Waals surface area contributed by atoms with Gasteiger partial charge in [-0.3, -0.25) is 0 Å². The molecule has 0 spiro atoms. The number of rotatable bonds is 4. The van der Waals surface area contributed by atoms with Crippen molar-refractivity contribution in [2.24, 2.45) is 0 Å². The van der Waals surface area contributed by atoms with Gasteiger partial charge < -0.3 is 10.6 Å². The summed E-state index contributed by atoms with van der Waals surface area (Å²) >= 11 is 0. The summed E-state index contributed by atoms with van der Waals surface area (Å²) in [7, 11) is 0. The molecular weight excluding hydrogens is 328 g/mol. The number of benzene rings is 4. The lowest BCUT2D eigenvalue weighted by atomic mass is 9.87. The molecule has 0 saturated heterocycles. The molecule has 2 nitrogen and oxygen atoms in total. The summed E-state index contributed by atoms with van der Waals surface area (Å²) in [5.41, 5.74) is 5.91. The van der Waals surface area contributed by atoms with E-state index in [1.54, 1.807) is 0 Å². The predicted molar refractivity (Wildman–Crippen MR) is 115 cm³/mol. The second-order valence-corrected chi connectivity index (χ2v) is 6.83. The minimum absolute atomic E-state index is 0.0613. The third-order valence-electron chi connectivity index (χ3n) is 5.05. The molecule has 0 bridgehead atoms. The van der Waals surface area contributed by atoms with Gasteiger partial charge in [-0.25, -0.2) is 0 Å². The maximum absolute atomic E-state index is 3.72. The number of hydrogen-bond acceptors (Lipinski definition) is 2. The molecule has 2 N–H and O–H groups in total. The third kappa shape index (κ3) is 2.96. The smallest absolute Gasteiger partial charge is 0.0924 e. The summed E-state index contributed by atoms with van der Waals surface area (Å²) in [6.07, 6.45) is 2.27. The van der Waals surface area contributed by atoms with Gasteiger partial charge in [0, 0.05) is 17.1 Å². The molecule has 2 heteroatoms. The van der Waals surface area contributed by atoms with Gasteiger partial charge in [0.05, 0.1) is 6.04 Å². The highest BCUT2D eigenvalue weighted by molar-refractivity contribution is 5.97. The van der Waals surface area contributed by atoms with E-state index in [2.05, 4.69) is 102 Å². The van der Waals surface area contributed by atoms with Crippen molar-refractivity contribution in [2.75, 3.05) is 10.6 Å². The van der Waals surface area contributed by atoms with Crippen molar-refractivity contribution in [1.82, 2.24) is 0 Å². The van der Waals surface area contributed by atoms with Crippen LogP contribution in [-0.4, -0.2) is 0 Å². The van der Waals surface area contributed by atoms with Crippen LogP contribution in [0.15, 0.2) is 103 Å². The third-order valence-corrected chi connectivity index (χ3v) is 5.05. The van der Waals surface area contributed by atoms with Crippen LogP contribution in [0.1, 0.15) is 17.2 Å². The first kappa shape index (κ1) is 15.7. The summed E-state index contributed by atoms with van der Waals surface area (Å²) in [4.78, 5) is 0. The van der Waals surface area contributed by atoms with E-state index in [4.69, 9.17) is 0 Å². The minimum atomic E-state index is 0.0613. The quantitative estimate of drug-likeness (QED) is 0.442. The molecule has 1 aliphatic rings. The van der Waals surface area contributed by atoms with E-state index < -0.39 is 0 Å². The Bertz CT molecular complexity index is 1110. The molecule has 0 fully saturated rings. The Balaban J connectivity index is 1.64. The van der Waals surface area contributed by atoms with Crippen molar-refractivity contribution in [3.63, 3.8) is 0 Å². The minimum Gasteiger partial charge on any atom is -0.373 e. The van der Waals surface area contributed by atoms with Gasteiger partial charge in [-0.1, -0.05) is 72.8 Å². The highest BCUT2D eigenvalue weighted by Gasteiger charge is 2.24. The van der Waals surface area contributed by atoms with Gasteiger partial charge >= 0.3 is 0 Å². The molecule has 0 aliphatic heterocycles. The maximum Gasteiger partial charge on any atom is 0.0924 e. The summed E-state index contributed by atoms with van der Waals surface area (Å²) in [6.45, 7) is 0.